The topological polar surface area (TPSA) is 52.0 Å². The molecule has 0 atom stereocenters. The molecular weight excluding hydrogens is 160 g/mol. The number of fused-ring (bicyclic) bond motifs is 1. The van der Waals surface area contributed by atoms with E-state index in [0.717, 1.165) is 27.7 Å². The first-order valence-electron chi connectivity index (χ1n) is 4.23. The molecule has 2 rings (SSSR count). The van der Waals surface area contributed by atoms with Gasteiger partial charge in [0.05, 0.1) is 0 Å². The minimum absolute atomic E-state index is 0.785. The van der Waals surface area contributed by atoms with Crippen molar-refractivity contribution in [1.29, 1.82) is 0 Å². The second-order valence-electron chi connectivity index (χ2n) is 3.30. The maximum Gasteiger partial charge on any atom is 0.0397 e. The van der Waals surface area contributed by atoms with E-state index in [1.807, 2.05) is 31.2 Å². The van der Waals surface area contributed by atoms with Crippen LogP contribution in [0.25, 0.3) is 10.8 Å². The van der Waals surface area contributed by atoms with Crippen LogP contribution in [0.3, 0.4) is 0 Å². The Kier molecular flexibility index (Phi) is 1.62. The van der Waals surface area contributed by atoms with E-state index in [0.29, 0.717) is 0 Å². The van der Waals surface area contributed by atoms with Gasteiger partial charge in [0.25, 0.3) is 0 Å². The molecule has 0 aliphatic rings. The van der Waals surface area contributed by atoms with Crippen LogP contribution in [0, 0.1) is 6.92 Å². The van der Waals surface area contributed by atoms with E-state index in [-0.39, 0.29) is 0 Å². The van der Waals surface area contributed by atoms with Gasteiger partial charge in [-0.25, -0.2) is 0 Å². The van der Waals surface area contributed by atoms with Gasteiger partial charge in [0, 0.05) is 22.1 Å². The maximum atomic E-state index is 5.87. The summed E-state index contributed by atoms with van der Waals surface area (Å²) < 4.78 is 0. The molecule has 0 saturated carbocycles. The first-order valence-corrected chi connectivity index (χ1v) is 4.23. The second-order valence-corrected chi connectivity index (χ2v) is 3.30. The van der Waals surface area contributed by atoms with Gasteiger partial charge in [-0.15, -0.1) is 0 Å². The molecule has 0 aliphatic heterocycles. The zero-order chi connectivity index (χ0) is 9.42. The van der Waals surface area contributed by atoms with E-state index in [4.69, 9.17) is 11.5 Å². The third-order valence-corrected chi connectivity index (χ3v) is 2.21. The fourth-order valence-corrected chi connectivity index (χ4v) is 1.59. The van der Waals surface area contributed by atoms with Gasteiger partial charge < -0.3 is 11.5 Å². The lowest BCUT2D eigenvalue weighted by molar-refractivity contribution is 1.50. The summed E-state index contributed by atoms with van der Waals surface area (Å²) in [6.45, 7) is 2.02. The molecule has 13 heavy (non-hydrogen) atoms. The predicted octanol–water partition coefficient (Wildman–Crippen LogP) is 2.31. The van der Waals surface area contributed by atoms with E-state index in [2.05, 4.69) is 6.07 Å². The molecule has 2 nitrogen and oxygen atoms in total. The zero-order valence-corrected chi connectivity index (χ0v) is 7.54. The van der Waals surface area contributed by atoms with Crippen molar-refractivity contribution in [2.45, 2.75) is 6.92 Å². The van der Waals surface area contributed by atoms with Crippen molar-refractivity contribution in [2.24, 2.45) is 0 Å². The molecule has 2 heteroatoms. The van der Waals surface area contributed by atoms with Crippen LogP contribution in [0.5, 0.6) is 0 Å². The van der Waals surface area contributed by atoms with Crippen molar-refractivity contribution in [3.8, 4) is 0 Å². The van der Waals surface area contributed by atoms with Crippen LogP contribution >= 0.6 is 0 Å². The number of nitrogen functional groups attached to an aromatic ring is 2. The Balaban J connectivity index is 2.94. The van der Waals surface area contributed by atoms with Crippen LogP contribution in [0.1, 0.15) is 5.56 Å². The van der Waals surface area contributed by atoms with Gasteiger partial charge in [-0.05, 0) is 30.7 Å². The SMILES string of the molecule is Cc1cc(N)c2cccc(N)c2c1. The normalized spacial score (nSPS) is 10.5. The Labute approximate surface area is 77.2 Å². The summed E-state index contributed by atoms with van der Waals surface area (Å²) in [5.74, 6) is 0. The number of aryl methyl sites for hydroxylation is 1. The van der Waals surface area contributed by atoms with E-state index in [1.165, 1.54) is 0 Å². The minimum Gasteiger partial charge on any atom is -0.398 e. The molecule has 4 N–H and O–H groups in total. The fraction of sp³-hybridized carbons (Fsp3) is 0.0909. The molecule has 66 valence electrons. The van der Waals surface area contributed by atoms with Gasteiger partial charge in [0.15, 0.2) is 0 Å². The first kappa shape index (κ1) is 7.92. The van der Waals surface area contributed by atoms with Crippen molar-refractivity contribution in [3.05, 3.63) is 35.9 Å². The smallest absolute Gasteiger partial charge is 0.0397 e. The lowest BCUT2D eigenvalue weighted by atomic mass is 10.0. The number of nitrogens with two attached hydrogens (primary N) is 2. The lowest BCUT2D eigenvalue weighted by Gasteiger charge is -2.05. The van der Waals surface area contributed by atoms with Crippen LogP contribution in [0.15, 0.2) is 30.3 Å². The van der Waals surface area contributed by atoms with E-state index < -0.39 is 0 Å². The van der Waals surface area contributed by atoms with Gasteiger partial charge in [-0.3, -0.25) is 0 Å². The maximum absolute atomic E-state index is 5.87. The first-order chi connectivity index (χ1) is 6.18. The standard InChI is InChI=1S/C11H12N2/c1-7-5-9-8(11(13)6-7)3-2-4-10(9)12/h2-6H,12-13H2,1H3. The van der Waals surface area contributed by atoms with Crippen LogP contribution in [-0.2, 0) is 0 Å². The quantitative estimate of drug-likeness (QED) is 0.599. The molecular formula is C11H12N2. The molecule has 0 amide bonds. The molecule has 0 aliphatic carbocycles. The summed E-state index contributed by atoms with van der Waals surface area (Å²) in [6.07, 6.45) is 0. The van der Waals surface area contributed by atoms with Crippen LogP contribution < -0.4 is 11.5 Å². The summed E-state index contributed by atoms with van der Waals surface area (Å²) in [7, 11) is 0. The number of hydrogen-bond donors (Lipinski definition) is 2. The van der Waals surface area contributed by atoms with E-state index in [1.54, 1.807) is 0 Å². The molecule has 2 aromatic carbocycles. The second kappa shape index (κ2) is 2.66. The molecule has 0 saturated heterocycles. The van der Waals surface area contributed by atoms with Crippen molar-refractivity contribution >= 4 is 22.1 Å². The third-order valence-electron chi connectivity index (χ3n) is 2.21. The van der Waals surface area contributed by atoms with Crippen molar-refractivity contribution < 1.29 is 0 Å². The lowest BCUT2D eigenvalue weighted by Crippen LogP contribution is -1.92. The van der Waals surface area contributed by atoms with Crippen molar-refractivity contribution in [2.75, 3.05) is 11.5 Å². The van der Waals surface area contributed by atoms with Crippen LogP contribution in [-0.4, -0.2) is 0 Å². The monoisotopic (exact) mass is 172 g/mol. The highest BCUT2D eigenvalue weighted by molar-refractivity contribution is 6.00. The molecule has 0 heterocycles. The largest absolute Gasteiger partial charge is 0.398 e. The van der Waals surface area contributed by atoms with Gasteiger partial charge in [0.1, 0.15) is 0 Å². The Morgan fingerprint density at radius 1 is 0.923 bits per heavy atom. The number of rotatable bonds is 0. The predicted molar refractivity (Wildman–Crippen MR) is 57.5 cm³/mol. The average molecular weight is 172 g/mol. The molecule has 0 radical (unpaired) electrons. The Morgan fingerprint density at radius 2 is 1.69 bits per heavy atom. The molecule has 2 aromatic rings. The molecule has 0 spiro atoms. The Morgan fingerprint density at radius 3 is 2.46 bits per heavy atom. The van der Waals surface area contributed by atoms with Gasteiger partial charge in [0.2, 0.25) is 0 Å². The summed E-state index contributed by atoms with van der Waals surface area (Å²) in [5, 5.41) is 2.07. The fourth-order valence-electron chi connectivity index (χ4n) is 1.59. The van der Waals surface area contributed by atoms with Crippen molar-refractivity contribution in [3.63, 3.8) is 0 Å². The minimum atomic E-state index is 0.785. The Bertz CT molecular complexity index is 461. The highest BCUT2D eigenvalue weighted by atomic mass is 14.6. The van der Waals surface area contributed by atoms with Crippen LogP contribution in [0.2, 0.25) is 0 Å². The summed E-state index contributed by atoms with van der Waals surface area (Å²) >= 11 is 0. The van der Waals surface area contributed by atoms with Gasteiger partial charge >= 0.3 is 0 Å². The van der Waals surface area contributed by atoms with E-state index in [9.17, 15) is 0 Å². The molecule has 0 unspecified atom stereocenters. The highest BCUT2D eigenvalue weighted by Crippen LogP contribution is 2.26. The summed E-state index contributed by atoms with van der Waals surface area (Å²) in [6, 6.07) is 9.81. The average Bonchev–Trinajstić information content (AvgIpc) is 2.07. The third kappa shape index (κ3) is 1.20. The number of benzene rings is 2. The van der Waals surface area contributed by atoms with Crippen LogP contribution in [0.4, 0.5) is 11.4 Å². The van der Waals surface area contributed by atoms with E-state index >= 15 is 0 Å². The van der Waals surface area contributed by atoms with Crippen molar-refractivity contribution in [1.82, 2.24) is 0 Å². The molecule has 0 bridgehead atoms. The highest BCUT2D eigenvalue weighted by Gasteiger charge is 2.00. The zero-order valence-electron chi connectivity index (χ0n) is 7.54. The molecule has 0 aromatic heterocycles. The summed E-state index contributed by atoms with van der Waals surface area (Å²) in [5.41, 5.74) is 14.4. The number of hydrogen-bond acceptors (Lipinski definition) is 2. The number of anilines is 2. The molecule has 0 fully saturated rings. The van der Waals surface area contributed by atoms with Gasteiger partial charge in [-0.2, -0.15) is 0 Å². The van der Waals surface area contributed by atoms with Gasteiger partial charge in [-0.1, -0.05) is 12.1 Å². The summed E-state index contributed by atoms with van der Waals surface area (Å²) in [4.78, 5) is 0. The Hall–Kier alpha value is -1.70.